The maximum Gasteiger partial charge on any atom is 0.164 e. The summed E-state index contributed by atoms with van der Waals surface area (Å²) in [5, 5.41) is 4.72. The Bertz CT molecular complexity index is 3880. The molecule has 0 aliphatic heterocycles. The van der Waals surface area contributed by atoms with E-state index in [1.807, 2.05) is 121 Å². The Kier molecular flexibility index (Phi) is 10.7. The first-order chi connectivity index (χ1) is 37.2. The van der Waals surface area contributed by atoms with Crippen LogP contribution >= 0.6 is 10.4 Å². The molecular formula is C66H44N8S. The van der Waals surface area contributed by atoms with Crippen molar-refractivity contribution < 1.29 is 0 Å². The second-order valence-corrected chi connectivity index (χ2v) is 21.1. The second kappa shape index (κ2) is 18.3. The molecule has 0 saturated carbocycles. The number of rotatable bonds is 10. The van der Waals surface area contributed by atoms with Crippen LogP contribution < -0.4 is 0 Å². The molecule has 0 aliphatic carbocycles. The average Bonchev–Trinajstić information content (AvgIpc) is 4.02. The number of para-hydroxylation sites is 4. The fourth-order valence-corrected chi connectivity index (χ4v) is 14.5. The molecule has 0 fully saturated rings. The summed E-state index contributed by atoms with van der Waals surface area (Å²) < 4.78 is 5.27. The van der Waals surface area contributed by atoms with Crippen molar-refractivity contribution >= 4 is 54.0 Å². The molecular weight excluding hydrogens is 937 g/mol. The molecule has 0 radical (unpaired) electrons. The molecule has 4 heterocycles. The molecule has 4 aromatic heterocycles. The molecule has 14 rings (SSSR count). The molecule has 0 bridgehead atoms. The van der Waals surface area contributed by atoms with Gasteiger partial charge in [-0.15, -0.1) is 0 Å². The van der Waals surface area contributed by atoms with Crippen LogP contribution in [-0.4, -0.2) is 37.8 Å². The lowest BCUT2D eigenvalue weighted by atomic mass is 10.1. The lowest BCUT2D eigenvalue weighted by Gasteiger charge is -2.45. The Morgan fingerprint density at radius 1 is 0.200 bits per heavy atom. The molecule has 9 heteroatoms. The normalized spacial score (nSPS) is 11.9. The fourth-order valence-electron chi connectivity index (χ4n) is 10.4. The summed E-state index contributed by atoms with van der Waals surface area (Å²) >= 11 is 0. The molecule has 0 saturated heterocycles. The predicted molar refractivity (Wildman–Crippen MR) is 306 cm³/mol. The van der Waals surface area contributed by atoms with Crippen LogP contribution in [0.15, 0.2) is 277 Å². The topological polar surface area (TPSA) is 87.2 Å². The van der Waals surface area contributed by atoms with Crippen LogP contribution in [0.5, 0.6) is 0 Å². The number of nitrogens with zero attached hydrogens (tertiary/aromatic N) is 8. The number of aromatic nitrogens is 8. The Morgan fingerprint density at radius 2 is 0.400 bits per heavy atom. The zero-order valence-corrected chi connectivity index (χ0v) is 41.2. The standard InChI is InChI=1S/C66H44N8S/c1-5-21-45(22-6-1)61-67-62(46-23-7-2-8-24-46)70-65(69-61)49-37-41-51(42-38-49)75(73-57-33-17-13-29-53(57)54-30-14-18-34-58(54)73,74-59-35-19-15-31-55(59)56-32-16-20-36-60(56)74)52-43-39-50(40-44-52)66-71-63(47-25-9-3-10-26-47)68-64(72-66)48-27-11-4-12-28-48/h1-44H. The quantitative estimate of drug-likeness (QED) is 0.136. The summed E-state index contributed by atoms with van der Waals surface area (Å²) in [6, 6.07) is 93.8. The lowest BCUT2D eigenvalue weighted by Crippen LogP contribution is -2.20. The summed E-state index contributed by atoms with van der Waals surface area (Å²) in [6.07, 6.45) is 0. The Labute approximate surface area is 434 Å². The monoisotopic (exact) mass is 980 g/mol. The van der Waals surface area contributed by atoms with Crippen molar-refractivity contribution in [1.29, 1.82) is 0 Å². The number of fused-ring (bicyclic) bond motifs is 6. The smallest absolute Gasteiger partial charge is 0.164 e. The highest BCUT2D eigenvalue weighted by Gasteiger charge is 2.38. The minimum atomic E-state index is -2.61. The van der Waals surface area contributed by atoms with E-state index in [9.17, 15) is 0 Å². The van der Waals surface area contributed by atoms with Crippen LogP contribution in [0.1, 0.15) is 0 Å². The molecule has 75 heavy (non-hydrogen) atoms. The Hall–Kier alpha value is -9.83. The van der Waals surface area contributed by atoms with E-state index in [1.165, 1.54) is 21.5 Å². The first-order valence-corrected chi connectivity index (χ1v) is 26.5. The second-order valence-electron chi connectivity index (χ2n) is 18.3. The van der Waals surface area contributed by atoms with E-state index in [1.54, 1.807) is 0 Å². The van der Waals surface area contributed by atoms with Gasteiger partial charge in [0.05, 0.1) is 22.1 Å². The van der Waals surface area contributed by atoms with Crippen molar-refractivity contribution in [2.75, 3.05) is 0 Å². The van der Waals surface area contributed by atoms with E-state index in [4.69, 9.17) is 29.9 Å². The molecule has 0 amide bonds. The lowest BCUT2D eigenvalue weighted by molar-refractivity contribution is 1.07. The third-order valence-electron chi connectivity index (χ3n) is 13.9. The van der Waals surface area contributed by atoms with Crippen LogP contribution in [0.2, 0.25) is 0 Å². The van der Waals surface area contributed by atoms with Crippen molar-refractivity contribution in [3.63, 3.8) is 0 Å². The molecule has 10 aromatic carbocycles. The highest BCUT2D eigenvalue weighted by atomic mass is 32.3. The summed E-state index contributed by atoms with van der Waals surface area (Å²) in [4.78, 5) is 32.9. The van der Waals surface area contributed by atoms with Gasteiger partial charge in [-0.3, -0.25) is 7.94 Å². The molecule has 0 aliphatic rings. The minimum Gasteiger partial charge on any atom is -0.278 e. The van der Waals surface area contributed by atoms with Gasteiger partial charge in [0.15, 0.2) is 34.9 Å². The zero-order chi connectivity index (χ0) is 49.7. The van der Waals surface area contributed by atoms with Crippen LogP contribution in [0, 0.1) is 0 Å². The minimum absolute atomic E-state index is 0.593. The molecule has 0 spiro atoms. The van der Waals surface area contributed by atoms with E-state index in [0.717, 1.165) is 65.2 Å². The SMILES string of the molecule is c1ccc(-c2nc(-c3ccccc3)nc(-c3ccc(S(c4ccc(-c5nc(-c6ccccc6)nc(-c6ccccc6)n5)cc4)(n4c5ccccc5c5ccccc54)n4c5ccccc5c5ccccc54)cc3)n2)cc1. The summed E-state index contributed by atoms with van der Waals surface area (Å²) in [5.74, 6) is 3.64. The summed E-state index contributed by atoms with van der Waals surface area (Å²) in [5.41, 5.74) is 9.93. The highest BCUT2D eigenvalue weighted by molar-refractivity contribution is 8.31. The third kappa shape index (κ3) is 7.47. The van der Waals surface area contributed by atoms with Crippen LogP contribution in [0.3, 0.4) is 0 Å². The van der Waals surface area contributed by atoms with Gasteiger partial charge in [-0.1, -0.05) is 194 Å². The molecule has 14 aromatic rings. The van der Waals surface area contributed by atoms with Gasteiger partial charge >= 0.3 is 0 Å². The zero-order valence-electron chi connectivity index (χ0n) is 40.4. The van der Waals surface area contributed by atoms with Gasteiger partial charge in [0.1, 0.15) is 0 Å². The Balaban J connectivity index is 1.05. The van der Waals surface area contributed by atoms with E-state index in [-0.39, 0.29) is 0 Å². The van der Waals surface area contributed by atoms with Crippen molar-refractivity contribution in [3.05, 3.63) is 267 Å². The third-order valence-corrected chi connectivity index (χ3v) is 17.6. The number of benzene rings is 10. The summed E-state index contributed by atoms with van der Waals surface area (Å²) in [7, 11) is -2.61. The first-order valence-electron chi connectivity index (χ1n) is 24.9. The van der Waals surface area contributed by atoms with Crippen molar-refractivity contribution in [1.82, 2.24) is 37.8 Å². The van der Waals surface area contributed by atoms with Crippen molar-refractivity contribution in [2.24, 2.45) is 0 Å². The fraction of sp³-hybridized carbons (Fsp3) is 0. The number of hydrogen-bond acceptors (Lipinski definition) is 6. The van der Waals surface area contributed by atoms with Gasteiger partial charge in [-0.2, -0.15) is 0 Å². The number of hydrogen-bond donors (Lipinski definition) is 0. The molecule has 0 N–H and O–H groups in total. The largest absolute Gasteiger partial charge is 0.278 e. The van der Waals surface area contributed by atoms with E-state index in [2.05, 4.69) is 154 Å². The highest BCUT2D eigenvalue weighted by Crippen LogP contribution is 2.69. The maximum atomic E-state index is 5.16. The van der Waals surface area contributed by atoms with Crippen LogP contribution in [0.25, 0.3) is 112 Å². The predicted octanol–water partition coefficient (Wildman–Crippen LogP) is 16.4. The van der Waals surface area contributed by atoms with Gasteiger partial charge in [0.2, 0.25) is 0 Å². The average molecular weight is 981 g/mol. The van der Waals surface area contributed by atoms with Gasteiger partial charge in [-0.05, 0) is 83.2 Å². The van der Waals surface area contributed by atoms with Crippen LogP contribution in [0.4, 0.5) is 0 Å². The van der Waals surface area contributed by atoms with E-state index < -0.39 is 10.4 Å². The Morgan fingerprint density at radius 3 is 0.640 bits per heavy atom. The van der Waals surface area contributed by atoms with Crippen molar-refractivity contribution in [2.45, 2.75) is 9.79 Å². The summed E-state index contributed by atoms with van der Waals surface area (Å²) in [6.45, 7) is 0. The molecule has 0 unspecified atom stereocenters. The van der Waals surface area contributed by atoms with Gasteiger partial charge in [0, 0.05) is 64.7 Å². The van der Waals surface area contributed by atoms with E-state index in [0.29, 0.717) is 34.9 Å². The van der Waals surface area contributed by atoms with Gasteiger partial charge in [-0.25, -0.2) is 29.9 Å². The molecule has 0 atom stereocenters. The van der Waals surface area contributed by atoms with Gasteiger partial charge < -0.3 is 0 Å². The first kappa shape index (κ1) is 43.9. The molecule has 8 nitrogen and oxygen atoms in total. The van der Waals surface area contributed by atoms with E-state index >= 15 is 0 Å². The van der Waals surface area contributed by atoms with Gasteiger partial charge in [0.25, 0.3) is 0 Å². The van der Waals surface area contributed by atoms with Crippen LogP contribution in [-0.2, 0) is 0 Å². The van der Waals surface area contributed by atoms with Crippen molar-refractivity contribution in [3.8, 4) is 68.3 Å². The molecule has 354 valence electrons. The maximum absolute atomic E-state index is 5.16.